The normalized spacial score (nSPS) is 17.4. The summed E-state index contributed by atoms with van der Waals surface area (Å²) in [6.45, 7) is 5.32. The minimum Gasteiger partial charge on any atom is -0.478 e. The van der Waals surface area contributed by atoms with Gasteiger partial charge in [-0.25, -0.2) is 9.59 Å². The molecule has 1 aliphatic heterocycles. The Labute approximate surface area is 131 Å². The van der Waals surface area contributed by atoms with Gasteiger partial charge < -0.3 is 20.1 Å². The molecule has 1 aromatic carbocycles. The first-order valence-electron chi connectivity index (χ1n) is 6.51. The molecule has 21 heavy (non-hydrogen) atoms. The molecule has 2 amide bonds. The van der Waals surface area contributed by atoms with E-state index in [1.165, 1.54) is 12.1 Å². The van der Waals surface area contributed by atoms with Crippen molar-refractivity contribution in [1.29, 1.82) is 0 Å². The quantitative estimate of drug-likeness (QED) is 0.853. The zero-order chi connectivity index (χ0) is 15.6. The molecule has 0 unspecified atom stereocenters. The van der Waals surface area contributed by atoms with Gasteiger partial charge in [-0.2, -0.15) is 0 Å². The Morgan fingerprint density at radius 1 is 1.43 bits per heavy atom. The van der Waals surface area contributed by atoms with Crippen LogP contribution in [0.5, 0.6) is 0 Å². The van der Waals surface area contributed by atoms with Crippen molar-refractivity contribution >= 4 is 33.6 Å². The highest BCUT2D eigenvalue weighted by Gasteiger charge is 2.30. The molecule has 2 N–H and O–H groups in total. The molecule has 1 fully saturated rings. The van der Waals surface area contributed by atoms with Crippen LogP contribution in [0.2, 0.25) is 0 Å². The number of hydrogen-bond acceptors (Lipinski definition) is 3. The van der Waals surface area contributed by atoms with Crippen LogP contribution >= 0.6 is 15.9 Å². The number of carbonyl (C=O) groups excluding carboxylic acids is 1. The van der Waals surface area contributed by atoms with E-state index in [2.05, 4.69) is 21.2 Å². The summed E-state index contributed by atoms with van der Waals surface area (Å²) in [5.41, 5.74) is 0.176. The lowest BCUT2D eigenvalue weighted by Crippen LogP contribution is -2.51. The Hall–Kier alpha value is -1.60. The van der Waals surface area contributed by atoms with Gasteiger partial charge in [0.1, 0.15) is 0 Å². The molecule has 0 spiro atoms. The Morgan fingerprint density at radius 2 is 2.14 bits per heavy atom. The fourth-order valence-electron chi connectivity index (χ4n) is 2.14. The molecule has 7 heteroatoms. The number of nitrogens with zero attached hydrogens (tertiary/aromatic N) is 1. The van der Waals surface area contributed by atoms with Crippen LogP contribution in [0.1, 0.15) is 24.2 Å². The fourth-order valence-corrected chi connectivity index (χ4v) is 2.48. The number of ether oxygens (including phenoxy) is 1. The number of nitrogens with one attached hydrogen (secondary N) is 1. The van der Waals surface area contributed by atoms with Gasteiger partial charge in [-0.1, -0.05) is 0 Å². The molecular weight excluding hydrogens is 340 g/mol. The van der Waals surface area contributed by atoms with E-state index in [0.29, 0.717) is 29.9 Å². The third-order valence-electron chi connectivity index (χ3n) is 3.17. The van der Waals surface area contributed by atoms with Gasteiger partial charge in [-0.05, 0) is 48.0 Å². The van der Waals surface area contributed by atoms with Crippen LogP contribution in [0.3, 0.4) is 0 Å². The predicted octanol–water partition coefficient (Wildman–Crippen LogP) is 2.79. The highest BCUT2D eigenvalue weighted by molar-refractivity contribution is 9.10. The number of rotatable bonds is 2. The molecule has 6 nitrogen and oxygen atoms in total. The summed E-state index contributed by atoms with van der Waals surface area (Å²) in [5.74, 6) is -1.04. The van der Waals surface area contributed by atoms with Crippen molar-refractivity contribution in [3.05, 3.63) is 28.2 Å². The highest BCUT2D eigenvalue weighted by atomic mass is 79.9. The topological polar surface area (TPSA) is 78.9 Å². The number of amides is 2. The van der Waals surface area contributed by atoms with Crippen molar-refractivity contribution in [2.45, 2.75) is 19.4 Å². The standard InChI is InChI=1S/C14H17BrN2O4/c1-14(2)8-17(5-6-21-14)13(20)16-11-7-9(12(18)19)3-4-10(11)15/h3-4,7H,5-6,8H2,1-2H3,(H,16,20)(H,18,19). The van der Waals surface area contributed by atoms with E-state index in [1.807, 2.05) is 13.8 Å². The molecule has 0 radical (unpaired) electrons. The number of benzene rings is 1. The second-order valence-corrected chi connectivity index (χ2v) is 6.31. The van der Waals surface area contributed by atoms with Crippen LogP contribution in [0.4, 0.5) is 10.5 Å². The summed E-state index contributed by atoms with van der Waals surface area (Å²) in [4.78, 5) is 24.9. The molecular formula is C14H17BrN2O4. The van der Waals surface area contributed by atoms with E-state index in [-0.39, 0.29) is 17.2 Å². The number of hydrogen-bond donors (Lipinski definition) is 2. The molecule has 1 aromatic rings. The van der Waals surface area contributed by atoms with Crippen molar-refractivity contribution in [2.24, 2.45) is 0 Å². The Balaban J connectivity index is 2.12. The van der Waals surface area contributed by atoms with E-state index in [4.69, 9.17) is 9.84 Å². The number of halogens is 1. The van der Waals surface area contributed by atoms with Crippen LogP contribution in [-0.4, -0.2) is 47.3 Å². The third kappa shape index (κ3) is 3.95. The highest BCUT2D eigenvalue weighted by Crippen LogP contribution is 2.25. The molecule has 1 aliphatic rings. The van der Waals surface area contributed by atoms with Crippen molar-refractivity contribution in [3.8, 4) is 0 Å². The van der Waals surface area contributed by atoms with Gasteiger partial charge in [0.25, 0.3) is 0 Å². The first-order chi connectivity index (χ1) is 9.78. The Bertz CT molecular complexity index is 574. The van der Waals surface area contributed by atoms with Gasteiger partial charge in [0.15, 0.2) is 0 Å². The largest absolute Gasteiger partial charge is 0.478 e. The number of carboxylic acids is 1. The second-order valence-electron chi connectivity index (χ2n) is 5.46. The summed E-state index contributed by atoms with van der Waals surface area (Å²) in [5, 5.41) is 11.7. The molecule has 0 atom stereocenters. The summed E-state index contributed by atoms with van der Waals surface area (Å²) >= 11 is 3.30. The van der Waals surface area contributed by atoms with Crippen LogP contribution in [0.25, 0.3) is 0 Å². The maximum atomic E-state index is 12.3. The summed E-state index contributed by atoms with van der Waals surface area (Å²) in [6.07, 6.45) is 0. The second kappa shape index (κ2) is 6.03. The van der Waals surface area contributed by atoms with Gasteiger partial charge in [0, 0.05) is 11.0 Å². The SMILES string of the molecule is CC1(C)CN(C(=O)Nc2cc(C(=O)O)ccc2Br)CCO1. The van der Waals surface area contributed by atoms with E-state index in [9.17, 15) is 9.59 Å². The van der Waals surface area contributed by atoms with Crippen molar-refractivity contribution in [3.63, 3.8) is 0 Å². The first kappa shape index (κ1) is 15.8. The number of anilines is 1. The first-order valence-corrected chi connectivity index (χ1v) is 7.30. The monoisotopic (exact) mass is 356 g/mol. The van der Waals surface area contributed by atoms with Gasteiger partial charge in [-0.3, -0.25) is 0 Å². The summed E-state index contributed by atoms with van der Waals surface area (Å²) < 4.78 is 6.19. The molecule has 0 aliphatic carbocycles. The van der Waals surface area contributed by atoms with Gasteiger partial charge in [0.05, 0.1) is 30.0 Å². The smallest absolute Gasteiger partial charge is 0.335 e. The number of carboxylic acid groups (broad SMARTS) is 1. The zero-order valence-electron chi connectivity index (χ0n) is 11.9. The Morgan fingerprint density at radius 3 is 2.76 bits per heavy atom. The van der Waals surface area contributed by atoms with Crippen molar-refractivity contribution in [1.82, 2.24) is 4.90 Å². The Kier molecular flexibility index (Phi) is 4.53. The van der Waals surface area contributed by atoms with E-state index in [0.717, 1.165) is 0 Å². The maximum Gasteiger partial charge on any atom is 0.335 e. The van der Waals surface area contributed by atoms with E-state index in [1.54, 1.807) is 11.0 Å². The number of urea groups is 1. The molecule has 0 aromatic heterocycles. The van der Waals surface area contributed by atoms with Crippen LogP contribution in [-0.2, 0) is 4.74 Å². The molecule has 114 valence electrons. The fraction of sp³-hybridized carbons (Fsp3) is 0.429. The molecule has 1 heterocycles. The van der Waals surface area contributed by atoms with Crippen LogP contribution in [0.15, 0.2) is 22.7 Å². The zero-order valence-corrected chi connectivity index (χ0v) is 13.4. The third-order valence-corrected chi connectivity index (χ3v) is 3.86. The lowest BCUT2D eigenvalue weighted by Gasteiger charge is -2.38. The van der Waals surface area contributed by atoms with Crippen molar-refractivity contribution < 1.29 is 19.4 Å². The molecule has 0 saturated carbocycles. The predicted molar refractivity (Wildman–Crippen MR) is 81.7 cm³/mol. The minimum atomic E-state index is -1.04. The average Bonchev–Trinajstić information content (AvgIpc) is 2.39. The number of aromatic carboxylic acids is 1. The van der Waals surface area contributed by atoms with Gasteiger partial charge >= 0.3 is 12.0 Å². The average molecular weight is 357 g/mol. The van der Waals surface area contributed by atoms with E-state index < -0.39 is 5.97 Å². The van der Waals surface area contributed by atoms with E-state index >= 15 is 0 Å². The summed E-state index contributed by atoms with van der Waals surface area (Å²) in [6, 6.07) is 4.23. The van der Waals surface area contributed by atoms with Crippen LogP contribution in [0, 0.1) is 0 Å². The van der Waals surface area contributed by atoms with Gasteiger partial charge in [0.2, 0.25) is 0 Å². The number of carbonyl (C=O) groups is 2. The lowest BCUT2D eigenvalue weighted by molar-refractivity contribution is -0.0720. The molecule has 1 saturated heterocycles. The lowest BCUT2D eigenvalue weighted by atomic mass is 10.1. The number of morpholine rings is 1. The van der Waals surface area contributed by atoms with Crippen molar-refractivity contribution in [2.75, 3.05) is 25.0 Å². The molecule has 2 rings (SSSR count). The maximum absolute atomic E-state index is 12.3. The summed E-state index contributed by atoms with van der Waals surface area (Å²) in [7, 11) is 0. The minimum absolute atomic E-state index is 0.121. The van der Waals surface area contributed by atoms with Crippen LogP contribution < -0.4 is 5.32 Å². The molecule has 0 bridgehead atoms. The van der Waals surface area contributed by atoms with Gasteiger partial charge in [-0.15, -0.1) is 0 Å².